The van der Waals surface area contributed by atoms with Crippen LogP contribution >= 0.6 is 11.8 Å². The fraction of sp³-hybridized carbons (Fsp3) is 0.867. The molecule has 2 aliphatic rings. The van der Waals surface area contributed by atoms with Gasteiger partial charge >= 0.3 is 0 Å². The second-order valence-electron chi connectivity index (χ2n) is 5.92. The van der Waals surface area contributed by atoms with Crippen LogP contribution in [0.1, 0.15) is 57.8 Å². The lowest BCUT2D eigenvalue weighted by atomic mass is 9.90. The standard InChI is InChI=1S/C15H24N2OS/c16-12-15(7-3-1-2-4-8-15)17-14(18)11-13-5-9-19-10-6-13/h13H,1-11H2,(H,17,18). The Morgan fingerprint density at radius 3 is 2.42 bits per heavy atom. The van der Waals surface area contributed by atoms with Crippen molar-refractivity contribution in [1.29, 1.82) is 5.26 Å². The average Bonchev–Trinajstić information content (AvgIpc) is 2.66. The summed E-state index contributed by atoms with van der Waals surface area (Å²) < 4.78 is 0. The van der Waals surface area contributed by atoms with E-state index in [2.05, 4.69) is 11.4 Å². The Morgan fingerprint density at radius 2 is 1.84 bits per heavy atom. The lowest BCUT2D eigenvalue weighted by Gasteiger charge is -2.28. The number of carbonyl (C=O) groups excluding carboxylic acids is 1. The van der Waals surface area contributed by atoms with Crippen LogP contribution in [-0.2, 0) is 4.79 Å². The van der Waals surface area contributed by atoms with Gasteiger partial charge in [0.2, 0.25) is 5.91 Å². The van der Waals surface area contributed by atoms with E-state index in [1.165, 1.54) is 24.3 Å². The molecule has 3 nitrogen and oxygen atoms in total. The highest BCUT2D eigenvalue weighted by atomic mass is 32.2. The SMILES string of the molecule is N#CC1(NC(=O)CC2CCSCC2)CCCCCC1. The molecular weight excluding hydrogens is 256 g/mol. The van der Waals surface area contributed by atoms with Crippen molar-refractivity contribution in [3.8, 4) is 6.07 Å². The van der Waals surface area contributed by atoms with E-state index in [9.17, 15) is 10.1 Å². The molecule has 2 rings (SSSR count). The lowest BCUT2D eigenvalue weighted by Crippen LogP contribution is -2.47. The van der Waals surface area contributed by atoms with E-state index in [1.807, 2.05) is 11.8 Å². The van der Waals surface area contributed by atoms with Gasteiger partial charge in [0.05, 0.1) is 6.07 Å². The number of hydrogen-bond acceptors (Lipinski definition) is 3. The van der Waals surface area contributed by atoms with E-state index in [4.69, 9.17) is 0 Å². The Bertz CT molecular complexity index is 337. The molecule has 0 aromatic rings. The van der Waals surface area contributed by atoms with Gasteiger partial charge in [-0.25, -0.2) is 0 Å². The van der Waals surface area contributed by atoms with Gasteiger partial charge in [0.1, 0.15) is 5.54 Å². The third-order valence-electron chi connectivity index (χ3n) is 4.36. The minimum Gasteiger partial charge on any atom is -0.338 e. The maximum Gasteiger partial charge on any atom is 0.221 e. The number of nitrogens with zero attached hydrogens (tertiary/aromatic N) is 1. The van der Waals surface area contributed by atoms with E-state index in [-0.39, 0.29) is 5.91 Å². The van der Waals surface area contributed by atoms with Gasteiger partial charge < -0.3 is 5.32 Å². The van der Waals surface area contributed by atoms with Gasteiger partial charge in [-0.3, -0.25) is 4.79 Å². The zero-order chi connectivity index (χ0) is 13.6. The molecule has 1 saturated heterocycles. The smallest absolute Gasteiger partial charge is 0.221 e. The minimum atomic E-state index is -0.572. The Balaban J connectivity index is 1.86. The van der Waals surface area contributed by atoms with E-state index < -0.39 is 5.54 Å². The van der Waals surface area contributed by atoms with E-state index >= 15 is 0 Å². The Kier molecular flexibility index (Phi) is 5.57. The second kappa shape index (κ2) is 7.19. The highest BCUT2D eigenvalue weighted by Crippen LogP contribution is 2.28. The first-order chi connectivity index (χ1) is 9.24. The second-order valence-corrected chi connectivity index (χ2v) is 7.14. The van der Waals surface area contributed by atoms with Gasteiger partial charge in [-0.05, 0) is 43.1 Å². The molecule has 19 heavy (non-hydrogen) atoms. The number of rotatable bonds is 3. The van der Waals surface area contributed by atoms with Crippen LogP contribution in [0.3, 0.4) is 0 Å². The monoisotopic (exact) mass is 280 g/mol. The van der Waals surface area contributed by atoms with Crippen LogP contribution in [-0.4, -0.2) is 23.0 Å². The molecular formula is C15H24N2OS. The van der Waals surface area contributed by atoms with Crippen LogP contribution < -0.4 is 5.32 Å². The summed E-state index contributed by atoms with van der Waals surface area (Å²) in [6.45, 7) is 0. The molecule has 0 aromatic carbocycles. The molecule has 0 radical (unpaired) electrons. The molecule has 0 spiro atoms. The highest BCUT2D eigenvalue weighted by molar-refractivity contribution is 7.99. The number of carbonyl (C=O) groups is 1. The topological polar surface area (TPSA) is 52.9 Å². The number of thioether (sulfide) groups is 1. The van der Waals surface area contributed by atoms with Crippen molar-refractivity contribution in [1.82, 2.24) is 5.32 Å². The number of nitriles is 1. The van der Waals surface area contributed by atoms with Crippen LogP contribution in [0.5, 0.6) is 0 Å². The number of amides is 1. The molecule has 1 aliphatic heterocycles. The van der Waals surface area contributed by atoms with E-state index in [0.29, 0.717) is 12.3 Å². The molecule has 0 atom stereocenters. The molecule has 2 fully saturated rings. The summed E-state index contributed by atoms with van der Waals surface area (Å²) in [4.78, 5) is 12.2. The molecule has 0 aromatic heterocycles. The molecule has 1 aliphatic carbocycles. The van der Waals surface area contributed by atoms with Gasteiger partial charge in [0, 0.05) is 6.42 Å². The third-order valence-corrected chi connectivity index (χ3v) is 5.41. The molecule has 1 N–H and O–H groups in total. The van der Waals surface area contributed by atoms with Gasteiger partial charge in [-0.2, -0.15) is 17.0 Å². The van der Waals surface area contributed by atoms with Crippen LogP contribution in [0.25, 0.3) is 0 Å². The average molecular weight is 280 g/mol. The highest BCUT2D eigenvalue weighted by Gasteiger charge is 2.33. The summed E-state index contributed by atoms with van der Waals surface area (Å²) in [5, 5.41) is 12.5. The van der Waals surface area contributed by atoms with Gasteiger partial charge in [-0.1, -0.05) is 25.7 Å². The van der Waals surface area contributed by atoms with Crippen molar-refractivity contribution in [2.24, 2.45) is 5.92 Å². The third kappa shape index (κ3) is 4.42. The van der Waals surface area contributed by atoms with Crippen LogP contribution in [0.4, 0.5) is 0 Å². The van der Waals surface area contributed by atoms with Crippen LogP contribution in [0.2, 0.25) is 0 Å². The largest absolute Gasteiger partial charge is 0.338 e. The summed E-state index contributed by atoms with van der Waals surface area (Å²) in [6, 6.07) is 2.39. The van der Waals surface area contributed by atoms with Crippen LogP contribution in [0.15, 0.2) is 0 Å². The number of nitrogens with one attached hydrogen (secondary N) is 1. The van der Waals surface area contributed by atoms with Crippen molar-refractivity contribution in [2.45, 2.75) is 63.3 Å². The molecule has 0 unspecified atom stereocenters. The lowest BCUT2D eigenvalue weighted by molar-refractivity contribution is -0.123. The maximum atomic E-state index is 12.2. The van der Waals surface area contributed by atoms with Crippen molar-refractivity contribution in [2.75, 3.05) is 11.5 Å². The van der Waals surface area contributed by atoms with Crippen molar-refractivity contribution < 1.29 is 4.79 Å². The van der Waals surface area contributed by atoms with E-state index in [1.54, 1.807) is 0 Å². The summed E-state index contributed by atoms with van der Waals surface area (Å²) >= 11 is 1.98. The first kappa shape index (κ1) is 14.7. The summed E-state index contributed by atoms with van der Waals surface area (Å²) in [7, 11) is 0. The molecule has 106 valence electrons. The van der Waals surface area contributed by atoms with Crippen molar-refractivity contribution >= 4 is 17.7 Å². The van der Waals surface area contributed by atoms with Gasteiger partial charge in [-0.15, -0.1) is 0 Å². The predicted molar refractivity (Wildman–Crippen MR) is 78.9 cm³/mol. The van der Waals surface area contributed by atoms with Crippen molar-refractivity contribution in [3.63, 3.8) is 0 Å². The van der Waals surface area contributed by atoms with E-state index in [0.717, 1.165) is 38.5 Å². The zero-order valence-corrected chi connectivity index (χ0v) is 12.4. The zero-order valence-electron chi connectivity index (χ0n) is 11.6. The first-order valence-electron chi connectivity index (χ1n) is 7.54. The first-order valence-corrected chi connectivity index (χ1v) is 8.70. The molecule has 1 saturated carbocycles. The number of hydrogen-bond donors (Lipinski definition) is 1. The quantitative estimate of drug-likeness (QED) is 0.807. The Hall–Kier alpha value is -0.690. The predicted octanol–water partition coefficient (Wildman–Crippen LogP) is 3.25. The fourth-order valence-corrected chi connectivity index (χ4v) is 4.33. The Morgan fingerprint density at radius 1 is 1.21 bits per heavy atom. The summed E-state index contributed by atoms with van der Waals surface area (Å²) in [5.74, 6) is 2.99. The fourth-order valence-electron chi connectivity index (χ4n) is 3.13. The molecule has 1 amide bonds. The van der Waals surface area contributed by atoms with Gasteiger partial charge in [0.25, 0.3) is 0 Å². The normalized spacial score (nSPS) is 24.2. The maximum absolute atomic E-state index is 12.2. The summed E-state index contributed by atoms with van der Waals surface area (Å²) in [6.07, 6.45) is 9.09. The molecule has 0 bridgehead atoms. The minimum absolute atomic E-state index is 0.0975. The van der Waals surface area contributed by atoms with Crippen LogP contribution in [0, 0.1) is 17.2 Å². The van der Waals surface area contributed by atoms with Gasteiger partial charge in [0.15, 0.2) is 0 Å². The van der Waals surface area contributed by atoms with Crippen molar-refractivity contribution in [3.05, 3.63) is 0 Å². The Labute approximate surface area is 120 Å². The molecule has 4 heteroatoms. The molecule has 1 heterocycles. The summed E-state index contributed by atoms with van der Waals surface area (Å²) in [5.41, 5.74) is -0.572.